The van der Waals surface area contributed by atoms with E-state index in [0.29, 0.717) is 18.2 Å². The molecule has 0 aliphatic rings. The summed E-state index contributed by atoms with van der Waals surface area (Å²) in [5, 5.41) is 18.5. The van der Waals surface area contributed by atoms with Crippen molar-refractivity contribution in [3.8, 4) is 6.07 Å². The van der Waals surface area contributed by atoms with E-state index in [4.69, 9.17) is 5.26 Å². The van der Waals surface area contributed by atoms with Crippen LogP contribution in [0.15, 0.2) is 24.3 Å². The van der Waals surface area contributed by atoms with Crippen LogP contribution in [-0.2, 0) is 6.54 Å². The van der Waals surface area contributed by atoms with Gasteiger partial charge in [-0.1, -0.05) is 19.1 Å². The van der Waals surface area contributed by atoms with Crippen molar-refractivity contribution in [1.82, 2.24) is 4.90 Å². The predicted molar refractivity (Wildman–Crippen MR) is 73.0 cm³/mol. The highest BCUT2D eigenvalue weighted by Crippen LogP contribution is 2.11. The molecule has 18 heavy (non-hydrogen) atoms. The lowest BCUT2D eigenvalue weighted by molar-refractivity contribution is 0.0881. The van der Waals surface area contributed by atoms with Crippen molar-refractivity contribution in [2.75, 3.05) is 6.54 Å². The molecule has 1 atom stereocenters. The molecule has 1 rings (SSSR count). The number of rotatable bonds is 6. The lowest BCUT2D eigenvalue weighted by Gasteiger charge is -2.28. The zero-order valence-electron chi connectivity index (χ0n) is 11.4. The average Bonchev–Trinajstić information content (AvgIpc) is 2.38. The van der Waals surface area contributed by atoms with Crippen molar-refractivity contribution in [1.29, 1.82) is 5.26 Å². The normalized spacial score (nSPS) is 12.7. The summed E-state index contributed by atoms with van der Waals surface area (Å²) in [4.78, 5) is 2.25. The summed E-state index contributed by atoms with van der Waals surface area (Å²) in [6, 6.07) is 10.1. The third kappa shape index (κ3) is 4.48. The Balaban J connectivity index is 2.68. The van der Waals surface area contributed by atoms with Crippen molar-refractivity contribution in [3.63, 3.8) is 0 Å². The second-order valence-corrected chi connectivity index (χ2v) is 4.89. The molecule has 1 aromatic rings. The number of nitriles is 1. The van der Waals surface area contributed by atoms with Crippen LogP contribution >= 0.6 is 0 Å². The van der Waals surface area contributed by atoms with Gasteiger partial charge in [0, 0.05) is 19.1 Å². The molecule has 98 valence electrons. The van der Waals surface area contributed by atoms with Gasteiger partial charge in [-0.3, -0.25) is 4.90 Å². The van der Waals surface area contributed by atoms with E-state index in [1.807, 2.05) is 31.2 Å². The average molecular weight is 246 g/mol. The van der Waals surface area contributed by atoms with E-state index in [9.17, 15) is 5.11 Å². The van der Waals surface area contributed by atoms with Gasteiger partial charge in [0.25, 0.3) is 0 Å². The van der Waals surface area contributed by atoms with Gasteiger partial charge in [0.1, 0.15) is 0 Å². The molecular formula is C15H22N2O. The van der Waals surface area contributed by atoms with Gasteiger partial charge >= 0.3 is 0 Å². The number of nitrogens with zero attached hydrogens (tertiary/aromatic N) is 2. The Bertz CT molecular complexity index is 392. The zero-order chi connectivity index (χ0) is 13.5. The van der Waals surface area contributed by atoms with Gasteiger partial charge in [-0.25, -0.2) is 0 Å². The Kier molecular flexibility index (Phi) is 5.84. The van der Waals surface area contributed by atoms with Crippen molar-refractivity contribution in [2.24, 2.45) is 0 Å². The monoisotopic (exact) mass is 246 g/mol. The molecule has 0 amide bonds. The highest BCUT2D eigenvalue weighted by atomic mass is 16.3. The molecule has 3 heteroatoms. The van der Waals surface area contributed by atoms with Crippen LogP contribution in [0.1, 0.15) is 38.3 Å². The highest BCUT2D eigenvalue weighted by molar-refractivity contribution is 5.31. The summed E-state index contributed by atoms with van der Waals surface area (Å²) in [6.45, 7) is 7.75. The summed E-state index contributed by atoms with van der Waals surface area (Å²) >= 11 is 0. The minimum absolute atomic E-state index is 0.272. The SMILES string of the molecule is CCC(O)CN(Cc1ccc(C#N)cc1)C(C)C. The molecule has 1 N–H and O–H groups in total. The molecule has 0 bridgehead atoms. The second-order valence-electron chi connectivity index (χ2n) is 4.89. The Hall–Kier alpha value is -1.37. The molecule has 0 spiro atoms. The molecule has 0 radical (unpaired) electrons. The molecule has 3 nitrogen and oxygen atoms in total. The van der Waals surface area contributed by atoms with E-state index < -0.39 is 0 Å². The lowest BCUT2D eigenvalue weighted by atomic mass is 10.1. The Morgan fingerprint density at radius 2 is 1.89 bits per heavy atom. The number of benzene rings is 1. The van der Waals surface area contributed by atoms with Crippen molar-refractivity contribution in [3.05, 3.63) is 35.4 Å². The third-order valence-electron chi connectivity index (χ3n) is 3.12. The van der Waals surface area contributed by atoms with Gasteiger partial charge in [0.05, 0.1) is 17.7 Å². The van der Waals surface area contributed by atoms with Crippen LogP contribution in [0.2, 0.25) is 0 Å². The maximum atomic E-state index is 9.75. The molecule has 0 aliphatic carbocycles. The van der Waals surface area contributed by atoms with Crippen molar-refractivity contribution < 1.29 is 5.11 Å². The number of aliphatic hydroxyl groups excluding tert-OH is 1. The van der Waals surface area contributed by atoms with E-state index in [1.54, 1.807) is 0 Å². The molecule has 0 aromatic heterocycles. The van der Waals surface area contributed by atoms with Gasteiger partial charge in [-0.15, -0.1) is 0 Å². The van der Waals surface area contributed by atoms with Gasteiger partial charge in [0.15, 0.2) is 0 Å². The highest BCUT2D eigenvalue weighted by Gasteiger charge is 2.13. The number of aliphatic hydroxyl groups is 1. The van der Waals surface area contributed by atoms with Crippen LogP contribution < -0.4 is 0 Å². The Morgan fingerprint density at radius 1 is 1.28 bits per heavy atom. The number of hydrogen-bond acceptors (Lipinski definition) is 3. The van der Waals surface area contributed by atoms with E-state index >= 15 is 0 Å². The van der Waals surface area contributed by atoms with Crippen molar-refractivity contribution >= 4 is 0 Å². The van der Waals surface area contributed by atoms with Crippen LogP contribution in [0.25, 0.3) is 0 Å². The maximum absolute atomic E-state index is 9.75. The van der Waals surface area contributed by atoms with E-state index in [-0.39, 0.29) is 6.10 Å². The fourth-order valence-electron chi connectivity index (χ4n) is 1.78. The van der Waals surface area contributed by atoms with Gasteiger partial charge in [-0.2, -0.15) is 5.26 Å². The first-order chi connectivity index (χ1) is 8.56. The maximum Gasteiger partial charge on any atom is 0.0991 e. The number of hydrogen-bond donors (Lipinski definition) is 1. The minimum Gasteiger partial charge on any atom is -0.392 e. The fraction of sp³-hybridized carbons (Fsp3) is 0.533. The summed E-state index contributed by atoms with van der Waals surface area (Å²) in [6.07, 6.45) is 0.502. The summed E-state index contributed by atoms with van der Waals surface area (Å²) in [5.41, 5.74) is 1.86. The largest absolute Gasteiger partial charge is 0.392 e. The smallest absolute Gasteiger partial charge is 0.0991 e. The standard InChI is InChI=1S/C15H22N2O/c1-4-15(18)11-17(12(2)3)10-14-7-5-13(9-16)6-8-14/h5-8,12,15,18H,4,10-11H2,1-3H3. The van der Waals surface area contributed by atoms with Crippen LogP contribution in [0.4, 0.5) is 0 Å². The molecule has 0 saturated heterocycles. The van der Waals surface area contributed by atoms with Gasteiger partial charge in [0.2, 0.25) is 0 Å². The molecule has 0 heterocycles. The van der Waals surface area contributed by atoms with Crippen LogP contribution in [-0.4, -0.2) is 28.7 Å². The topological polar surface area (TPSA) is 47.3 Å². The summed E-state index contributed by atoms with van der Waals surface area (Å²) in [7, 11) is 0. The lowest BCUT2D eigenvalue weighted by Crippen LogP contribution is -2.36. The first-order valence-corrected chi connectivity index (χ1v) is 6.48. The first-order valence-electron chi connectivity index (χ1n) is 6.48. The van der Waals surface area contributed by atoms with Crippen LogP contribution in [0, 0.1) is 11.3 Å². The Labute approximate surface area is 110 Å². The molecule has 1 unspecified atom stereocenters. The first kappa shape index (κ1) is 14.7. The molecular weight excluding hydrogens is 224 g/mol. The molecule has 0 aliphatic heterocycles. The quantitative estimate of drug-likeness (QED) is 0.839. The van der Waals surface area contributed by atoms with Gasteiger partial charge in [-0.05, 0) is 38.0 Å². The van der Waals surface area contributed by atoms with Crippen LogP contribution in [0.5, 0.6) is 0 Å². The second kappa shape index (κ2) is 7.15. The van der Waals surface area contributed by atoms with Crippen LogP contribution in [0.3, 0.4) is 0 Å². The summed E-state index contributed by atoms with van der Waals surface area (Å²) < 4.78 is 0. The van der Waals surface area contributed by atoms with Gasteiger partial charge < -0.3 is 5.11 Å². The molecule has 0 saturated carbocycles. The fourth-order valence-corrected chi connectivity index (χ4v) is 1.78. The zero-order valence-corrected chi connectivity index (χ0v) is 11.4. The molecule has 0 fully saturated rings. The third-order valence-corrected chi connectivity index (χ3v) is 3.12. The predicted octanol–water partition coefficient (Wildman–Crippen LogP) is 2.54. The van der Waals surface area contributed by atoms with E-state index in [0.717, 1.165) is 13.0 Å². The summed E-state index contributed by atoms with van der Waals surface area (Å²) in [5.74, 6) is 0. The minimum atomic E-state index is -0.272. The van der Waals surface area contributed by atoms with Crippen molar-refractivity contribution in [2.45, 2.75) is 45.9 Å². The van der Waals surface area contributed by atoms with E-state index in [2.05, 4.69) is 24.8 Å². The molecule has 1 aromatic carbocycles. The van der Waals surface area contributed by atoms with E-state index in [1.165, 1.54) is 5.56 Å². The Morgan fingerprint density at radius 3 is 2.33 bits per heavy atom.